The normalized spacial score (nSPS) is 19.4. The maximum atomic E-state index is 12.0. The molecule has 1 atom stereocenters. The lowest BCUT2D eigenvalue weighted by Crippen LogP contribution is -2.40. The first kappa shape index (κ1) is 13.7. The minimum atomic E-state index is -1.32. The molecule has 0 radical (unpaired) electrons. The Hall–Kier alpha value is -1.76. The number of carbonyl (C=O) groups is 2. The van der Waals surface area contributed by atoms with Crippen LogP contribution in [0.25, 0.3) is 0 Å². The van der Waals surface area contributed by atoms with Crippen molar-refractivity contribution in [3.05, 3.63) is 24.4 Å². The Morgan fingerprint density at radius 2 is 2.11 bits per heavy atom. The molecule has 0 spiro atoms. The summed E-state index contributed by atoms with van der Waals surface area (Å²) in [6.07, 6.45) is 1.56. The van der Waals surface area contributed by atoms with Crippen molar-refractivity contribution in [2.45, 2.75) is 24.4 Å². The molecule has 1 aromatic rings. The van der Waals surface area contributed by atoms with Crippen molar-refractivity contribution < 1.29 is 13.8 Å². The number of amides is 3. The highest BCUT2D eigenvalue weighted by atomic mass is 32.2. The molecule has 2 heterocycles. The smallest absolute Gasteiger partial charge is 0.324 e. The van der Waals surface area contributed by atoms with Gasteiger partial charge in [-0.2, -0.15) is 0 Å². The van der Waals surface area contributed by atoms with E-state index < -0.39 is 22.4 Å². The van der Waals surface area contributed by atoms with Crippen LogP contribution in [0.3, 0.4) is 0 Å². The van der Waals surface area contributed by atoms with Gasteiger partial charge in [-0.25, -0.2) is 9.78 Å². The Kier molecular flexibility index (Phi) is 3.66. The topological polar surface area (TPSA) is 79.4 Å². The molecular formula is C12H15N3O3S. The molecule has 1 unspecified atom stereocenters. The number of imide groups is 1. The van der Waals surface area contributed by atoms with E-state index in [1.807, 2.05) is 0 Å². The van der Waals surface area contributed by atoms with Gasteiger partial charge in [0.15, 0.2) is 0 Å². The Balaban J connectivity index is 1.99. The third-order valence-electron chi connectivity index (χ3n) is 2.82. The second-order valence-corrected chi connectivity index (χ2v) is 6.25. The average Bonchev–Trinajstić information content (AvgIpc) is 2.57. The molecule has 1 saturated heterocycles. The van der Waals surface area contributed by atoms with Crippen molar-refractivity contribution in [1.29, 1.82) is 0 Å². The Morgan fingerprint density at radius 1 is 1.37 bits per heavy atom. The first-order chi connectivity index (χ1) is 8.92. The van der Waals surface area contributed by atoms with Gasteiger partial charge in [0.1, 0.15) is 10.6 Å². The van der Waals surface area contributed by atoms with Gasteiger partial charge in [-0.1, -0.05) is 6.07 Å². The van der Waals surface area contributed by atoms with Crippen molar-refractivity contribution in [3.8, 4) is 0 Å². The fraction of sp³-hybridized carbons (Fsp3) is 0.417. The molecular weight excluding hydrogens is 266 g/mol. The largest absolute Gasteiger partial charge is 0.325 e. The molecule has 0 bridgehead atoms. The SMILES string of the molecule is CC1(C)NC(=O)N(CCS(=O)c2ccccn2)C1=O. The van der Waals surface area contributed by atoms with Crippen LogP contribution in [0.5, 0.6) is 0 Å². The van der Waals surface area contributed by atoms with Crippen molar-refractivity contribution in [3.63, 3.8) is 0 Å². The summed E-state index contributed by atoms with van der Waals surface area (Å²) in [7, 11) is -1.32. The molecule has 1 aliphatic heterocycles. The molecule has 102 valence electrons. The number of hydrogen-bond donors (Lipinski definition) is 1. The van der Waals surface area contributed by atoms with E-state index in [0.29, 0.717) is 5.03 Å². The summed E-state index contributed by atoms with van der Waals surface area (Å²) in [5, 5.41) is 3.03. The molecule has 3 amide bonds. The van der Waals surface area contributed by atoms with Crippen LogP contribution in [-0.2, 0) is 15.6 Å². The number of hydrogen-bond acceptors (Lipinski definition) is 4. The van der Waals surface area contributed by atoms with Gasteiger partial charge in [0.2, 0.25) is 0 Å². The maximum absolute atomic E-state index is 12.0. The summed E-state index contributed by atoms with van der Waals surface area (Å²) < 4.78 is 12.0. The highest BCUT2D eigenvalue weighted by Gasteiger charge is 2.43. The lowest BCUT2D eigenvalue weighted by atomic mass is 10.1. The fourth-order valence-corrected chi connectivity index (χ4v) is 2.75. The zero-order valence-corrected chi connectivity index (χ0v) is 11.6. The van der Waals surface area contributed by atoms with E-state index in [0.717, 1.165) is 4.90 Å². The summed E-state index contributed by atoms with van der Waals surface area (Å²) in [6, 6.07) is 4.71. The molecule has 2 rings (SSSR count). The number of aromatic nitrogens is 1. The van der Waals surface area contributed by atoms with Crippen LogP contribution in [0, 0.1) is 0 Å². The third kappa shape index (κ3) is 2.81. The molecule has 1 N–H and O–H groups in total. The van der Waals surface area contributed by atoms with Crippen LogP contribution in [0.1, 0.15) is 13.8 Å². The number of urea groups is 1. The molecule has 0 aliphatic carbocycles. The molecule has 1 fully saturated rings. The Bertz CT molecular complexity index is 530. The van der Waals surface area contributed by atoms with Crippen LogP contribution >= 0.6 is 0 Å². The van der Waals surface area contributed by atoms with Gasteiger partial charge in [0.05, 0.1) is 10.8 Å². The average molecular weight is 281 g/mol. The second-order valence-electron chi connectivity index (χ2n) is 4.73. The van der Waals surface area contributed by atoms with Crippen molar-refractivity contribution in [2.75, 3.05) is 12.3 Å². The highest BCUT2D eigenvalue weighted by molar-refractivity contribution is 7.85. The van der Waals surface area contributed by atoms with Crippen LogP contribution in [-0.4, -0.2) is 43.9 Å². The van der Waals surface area contributed by atoms with E-state index >= 15 is 0 Å². The van der Waals surface area contributed by atoms with E-state index in [1.54, 1.807) is 38.2 Å². The second kappa shape index (κ2) is 5.08. The van der Waals surface area contributed by atoms with Gasteiger partial charge >= 0.3 is 6.03 Å². The number of rotatable bonds is 4. The summed E-state index contributed by atoms with van der Waals surface area (Å²) in [4.78, 5) is 28.6. The summed E-state index contributed by atoms with van der Waals surface area (Å²) >= 11 is 0. The van der Waals surface area contributed by atoms with Crippen LogP contribution < -0.4 is 5.32 Å². The van der Waals surface area contributed by atoms with Crippen molar-refractivity contribution >= 4 is 22.7 Å². The third-order valence-corrected chi connectivity index (χ3v) is 4.08. The van der Waals surface area contributed by atoms with Gasteiger partial charge < -0.3 is 5.32 Å². The van der Waals surface area contributed by atoms with E-state index in [-0.39, 0.29) is 18.2 Å². The lowest BCUT2D eigenvalue weighted by molar-refractivity contribution is -0.130. The van der Waals surface area contributed by atoms with E-state index in [1.165, 1.54) is 0 Å². The molecule has 1 aliphatic rings. The van der Waals surface area contributed by atoms with E-state index in [2.05, 4.69) is 10.3 Å². The van der Waals surface area contributed by atoms with Crippen molar-refractivity contribution in [2.24, 2.45) is 0 Å². The van der Waals surface area contributed by atoms with Gasteiger partial charge in [0, 0.05) is 18.5 Å². The standard InChI is InChI=1S/C12H15N3O3S/c1-12(2)10(16)15(11(17)14-12)7-8-19(18)9-5-3-4-6-13-9/h3-6H,7-8H2,1-2H3,(H,14,17). The summed E-state index contributed by atoms with van der Waals surface area (Å²) in [5.74, 6) is -0.109. The molecule has 6 nitrogen and oxygen atoms in total. The van der Waals surface area contributed by atoms with Gasteiger partial charge in [0.25, 0.3) is 5.91 Å². The van der Waals surface area contributed by atoms with Gasteiger partial charge in [-0.3, -0.25) is 13.9 Å². The van der Waals surface area contributed by atoms with E-state index in [4.69, 9.17) is 0 Å². The number of nitrogens with one attached hydrogen (secondary N) is 1. The predicted octanol–water partition coefficient (Wildman–Crippen LogP) is 0.520. The van der Waals surface area contributed by atoms with E-state index in [9.17, 15) is 13.8 Å². The summed E-state index contributed by atoms with van der Waals surface area (Å²) in [5.41, 5.74) is -0.885. The van der Waals surface area contributed by atoms with Crippen LogP contribution in [0.4, 0.5) is 4.79 Å². The van der Waals surface area contributed by atoms with Crippen LogP contribution in [0.15, 0.2) is 29.4 Å². The zero-order valence-electron chi connectivity index (χ0n) is 10.8. The first-order valence-corrected chi connectivity index (χ1v) is 7.17. The van der Waals surface area contributed by atoms with Crippen LogP contribution in [0.2, 0.25) is 0 Å². The molecule has 1 aromatic heterocycles. The number of pyridine rings is 1. The predicted molar refractivity (Wildman–Crippen MR) is 69.8 cm³/mol. The maximum Gasteiger partial charge on any atom is 0.325 e. The first-order valence-electron chi connectivity index (χ1n) is 5.85. The quantitative estimate of drug-likeness (QED) is 0.816. The monoisotopic (exact) mass is 281 g/mol. The lowest BCUT2D eigenvalue weighted by Gasteiger charge is -2.15. The molecule has 0 saturated carbocycles. The molecule has 7 heteroatoms. The molecule has 19 heavy (non-hydrogen) atoms. The molecule has 0 aromatic carbocycles. The zero-order chi connectivity index (χ0) is 14.0. The summed E-state index contributed by atoms with van der Waals surface area (Å²) in [6.45, 7) is 3.41. The van der Waals surface area contributed by atoms with Gasteiger partial charge in [-0.05, 0) is 26.0 Å². The van der Waals surface area contributed by atoms with Crippen molar-refractivity contribution in [1.82, 2.24) is 15.2 Å². The fourth-order valence-electron chi connectivity index (χ4n) is 1.78. The number of carbonyl (C=O) groups excluding carboxylic acids is 2. The minimum Gasteiger partial charge on any atom is -0.324 e. The Labute approximate surface area is 113 Å². The van der Waals surface area contributed by atoms with Gasteiger partial charge in [-0.15, -0.1) is 0 Å². The highest BCUT2D eigenvalue weighted by Crippen LogP contribution is 2.16. The Morgan fingerprint density at radius 3 is 2.63 bits per heavy atom. The number of nitrogens with zero attached hydrogens (tertiary/aromatic N) is 2. The minimum absolute atomic E-state index is 0.122.